The molecule has 0 aliphatic heterocycles. The zero-order valence-corrected chi connectivity index (χ0v) is 21.4. The van der Waals surface area contributed by atoms with E-state index in [1.165, 1.54) is 90.4 Å². The molecule has 0 fully saturated rings. The fourth-order valence-electron chi connectivity index (χ4n) is 3.61. The molecule has 0 saturated heterocycles. The van der Waals surface area contributed by atoms with Crippen molar-refractivity contribution in [3.63, 3.8) is 0 Å². The van der Waals surface area contributed by atoms with Crippen LogP contribution in [0.5, 0.6) is 0 Å². The van der Waals surface area contributed by atoms with Crippen molar-refractivity contribution in [2.45, 2.75) is 142 Å². The predicted molar refractivity (Wildman–Crippen MR) is 129 cm³/mol. The maximum atomic E-state index is 11.9. The molecule has 0 aliphatic rings. The van der Waals surface area contributed by atoms with Crippen LogP contribution in [0, 0.1) is 0 Å². The molecule has 192 valence electrons. The molecule has 3 N–H and O–H groups in total. The van der Waals surface area contributed by atoms with Gasteiger partial charge in [-0.05, 0) is 19.8 Å². The smallest absolute Gasteiger partial charge is 0.436 e. The monoisotopic (exact) mass is 480 g/mol. The fourth-order valence-corrected chi connectivity index (χ4v) is 4.55. The second-order valence-corrected chi connectivity index (χ2v) is 10.5. The van der Waals surface area contributed by atoms with E-state index in [0.29, 0.717) is 6.42 Å². The fraction of sp³-hybridized carbons (Fsp3) is 0.958. The summed E-state index contributed by atoms with van der Waals surface area (Å²) in [6.07, 6.45) is 17.9. The number of ether oxygens (including phenoxy) is 1. The molecule has 0 bridgehead atoms. The molecule has 0 spiro atoms. The number of carbonyl (C=O) groups is 1. The minimum atomic E-state index is -4.52. The number of rotatable bonds is 23. The molecular weight excluding hydrogens is 431 g/mol. The Morgan fingerprint density at radius 2 is 1.16 bits per heavy atom. The van der Waals surface area contributed by atoms with Crippen LogP contribution in [0.4, 0.5) is 4.79 Å². The molecule has 0 aliphatic carbocycles. The molecule has 8 heteroatoms. The Morgan fingerprint density at radius 1 is 0.750 bits per heavy atom. The molecule has 32 heavy (non-hydrogen) atoms. The van der Waals surface area contributed by atoms with Gasteiger partial charge in [-0.2, -0.15) is 0 Å². The van der Waals surface area contributed by atoms with Crippen LogP contribution in [0.15, 0.2) is 0 Å². The number of aliphatic hydroxyl groups excluding tert-OH is 1. The van der Waals surface area contributed by atoms with Gasteiger partial charge in [0, 0.05) is 6.42 Å². The lowest BCUT2D eigenvalue weighted by Gasteiger charge is -2.17. The second kappa shape index (κ2) is 21.1. The standard InChI is InChI=1S/C24H49O7P/c1-3-4-5-6-7-8-9-10-11-12-13-14-15-16-17-18-21-30-24(27)32(28,29)31-22(2)19-20-23(25)26/h22-23,25-26H,3-21H2,1-2H3,(H,28,29). The molecule has 7 nitrogen and oxygen atoms in total. The molecule has 0 aromatic carbocycles. The zero-order chi connectivity index (χ0) is 24.1. The first-order valence-electron chi connectivity index (χ1n) is 12.8. The van der Waals surface area contributed by atoms with Crippen LogP contribution >= 0.6 is 7.60 Å². The van der Waals surface area contributed by atoms with Gasteiger partial charge in [0.2, 0.25) is 0 Å². The number of aliphatic hydroxyl groups is 2. The molecule has 2 atom stereocenters. The van der Waals surface area contributed by atoms with Crippen molar-refractivity contribution in [1.82, 2.24) is 0 Å². The minimum Gasteiger partial charge on any atom is -0.457 e. The maximum Gasteiger partial charge on any atom is 0.436 e. The SMILES string of the molecule is CCCCCCCCCCCCCCCCCCOC(=O)P(=O)(O)OC(C)CCC(O)O. The van der Waals surface area contributed by atoms with Gasteiger partial charge in [0.1, 0.15) is 0 Å². The summed E-state index contributed by atoms with van der Waals surface area (Å²) in [6, 6.07) is 0. The van der Waals surface area contributed by atoms with E-state index < -0.39 is 25.7 Å². The third-order valence-corrected chi connectivity index (χ3v) is 6.84. The lowest BCUT2D eigenvalue weighted by Crippen LogP contribution is -2.15. The van der Waals surface area contributed by atoms with Gasteiger partial charge in [-0.25, -0.2) is 9.36 Å². The first kappa shape index (κ1) is 31.5. The van der Waals surface area contributed by atoms with E-state index in [9.17, 15) is 14.3 Å². The lowest BCUT2D eigenvalue weighted by atomic mass is 10.0. The summed E-state index contributed by atoms with van der Waals surface area (Å²) in [7, 11) is -4.52. The van der Waals surface area contributed by atoms with Crippen LogP contribution in [-0.2, 0) is 13.8 Å². The van der Waals surface area contributed by atoms with Gasteiger partial charge in [0.05, 0.1) is 12.7 Å². The van der Waals surface area contributed by atoms with Crippen LogP contribution in [0.3, 0.4) is 0 Å². The number of hydrogen-bond acceptors (Lipinski definition) is 6. The van der Waals surface area contributed by atoms with E-state index in [-0.39, 0.29) is 19.4 Å². The van der Waals surface area contributed by atoms with Crippen LogP contribution in [0.25, 0.3) is 0 Å². The molecule has 2 unspecified atom stereocenters. The van der Waals surface area contributed by atoms with Crippen molar-refractivity contribution in [1.29, 1.82) is 0 Å². The zero-order valence-electron chi connectivity index (χ0n) is 20.5. The molecule has 0 aromatic rings. The maximum absolute atomic E-state index is 11.9. The third kappa shape index (κ3) is 20.2. The predicted octanol–water partition coefficient (Wildman–Crippen LogP) is 7.07. The Morgan fingerprint density at radius 3 is 1.56 bits per heavy atom. The summed E-state index contributed by atoms with van der Waals surface area (Å²) >= 11 is 0. The van der Waals surface area contributed by atoms with E-state index in [1.807, 2.05) is 0 Å². The number of carbonyl (C=O) groups excluding carboxylic acids is 1. The summed E-state index contributed by atoms with van der Waals surface area (Å²) in [5.41, 5.74) is -1.24. The quantitative estimate of drug-likeness (QED) is 0.0814. The Bertz CT molecular complexity index is 485. The lowest BCUT2D eigenvalue weighted by molar-refractivity contribution is -0.0513. The van der Waals surface area contributed by atoms with Crippen LogP contribution in [0.2, 0.25) is 0 Å². The summed E-state index contributed by atoms with van der Waals surface area (Å²) in [5, 5.41) is 17.6. The Labute approximate surface area is 195 Å². The van der Waals surface area contributed by atoms with Gasteiger partial charge in [-0.3, -0.25) is 4.52 Å². The van der Waals surface area contributed by atoms with E-state index in [4.69, 9.17) is 19.5 Å². The van der Waals surface area contributed by atoms with Crippen LogP contribution < -0.4 is 0 Å². The van der Waals surface area contributed by atoms with Gasteiger partial charge >= 0.3 is 13.3 Å². The van der Waals surface area contributed by atoms with Gasteiger partial charge < -0.3 is 19.8 Å². The Balaban J connectivity index is 3.48. The molecule has 0 radical (unpaired) electrons. The highest BCUT2D eigenvalue weighted by atomic mass is 31.2. The summed E-state index contributed by atoms with van der Waals surface area (Å²) in [5.74, 6) is 0. The Kier molecular flexibility index (Phi) is 20.8. The topological polar surface area (TPSA) is 113 Å². The van der Waals surface area contributed by atoms with Crippen molar-refractivity contribution in [3.8, 4) is 0 Å². The molecular formula is C24H49O7P. The van der Waals surface area contributed by atoms with Gasteiger partial charge in [-0.15, -0.1) is 0 Å². The molecule has 0 heterocycles. The number of unbranched alkanes of at least 4 members (excludes halogenated alkanes) is 15. The first-order valence-corrected chi connectivity index (χ1v) is 14.4. The van der Waals surface area contributed by atoms with Crippen LogP contribution in [-0.4, -0.2) is 39.8 Å². The summed E-state index contributed by atoms with van der Waals surface area (Å²) in [4.78, 5) is 21.4. The normalized spacial score (nSPS) is 14.4. The highest BCUT2D eigenvalue weighted by Gasteiger charge is 2.34. The van der Waals surface area contributed by atoms with Crippen LogP contribution in [0.1, 0.15) is 129 Å². The highest BCUT2D eigenvalue weighted by molar-refractivity contribution is 7.70. The van der Waals surface area contributed by atoms with E-state index in [2.05, 4.69) is 6.92 Å². The summed E-state index contributed by atoms with van der Waals surface area (Å²) < 4.78 is 21.6. The van der Waals surface area contributed by atoms with Crippen molar-refractivity contribution in [3.05, 3.63) is 0 Å². The van der Waals surface area contributed by atoms with Crippen molar-refractivity contribution < 1.29 is 33.7 Å². The average molecular weight is 481 g/mol. The molecule has 0 saturated carbocycles. The average Bonchev–Trinajstić information content (AvgIpc) is 2.74. The van der Waals surface area contributed by atoms with Crippen molar-refractivity contribution in [2.75, 3.05) is 6.61 Å². The van der Waals surface area contributed by atoms with Crippen molar-refractivity contribution >= 4 is 13.3 Å². The van der Waals surface area contributed by atoms with E-state index >= 15 is 0 Å². The number of hydrogen-bond donors (Lipinski definition) is 3. The van der Waals surface area contributed by atoms with Gasteiger partial charge in [0.25, 0.3) is 0 Å². The largest absolute Gasteiger partial charge is 0.457 e. The van der Waals surface area contributed by atoms with E-state index in [0.717, 1.165) is 12.8 Å². The second-order valence-electron chi connectivity index (χ2n) is 8.91. The van der Waals surface area contributed by atoms with E-state index in [1.54, 1.807) is 0 Å². The minimum absolute atomic E-state index is 0.00456. The molecule has 0 amide bonds. The molecule has 0 rings (SSSR count). The first-order chi connectivity index (χ1) is 15.3. The Hall–Kier alpha value is -0.460. The highest BCUT2D eigenvalue weighted by Crippen LogP contribution is 2.46. The van der Waals surface area contributed by atoms with Crippen molar-refractivity contribution in [2.24, 2.45) is 0 Å². The third-order valence-electron chi connectivity index (χ3n) is 5.61. The van der Waals surface area contributed by atoms with Gasteiger partial charge in [0.15, 0.2) is 6.29 Å². The van der Waals surface area contributed by atoms with Gasteiger partial charge in [-0.1, -0.05) is 103 Å². The summed E-state index contributed by atoms with van der Waals surface area (Å²) in [6.45, 7) is 3.85. The molecule has 0 aromatic heterocycles.